The number of carbonyl (C=O) groups is 1. The quantitative estimate of drug-likeness (QED) is 0.303. The van der Waals surface area contributed by atoms with Gasteiger partial charge in [0.05, 0.1) is 45.9 Å². The third-order valence-corrected chi connectivity index (χ3v) is 6.90. The Morgan fingerprint density at radius 3 is 2.28 bits per heavy atom. The van der Waals surface area contributed by atoms with Gasteiger partial charge in [0, 0.05) is 12.1 Å². The highest BCUT2D eigenvalue weighted by molar-refractivity contribution is 5.95. The zero-order valence-corrected chi connectivity index (χ0v) is 22.2. The molecule has 3 aromatic carbocycles. The molecule has 0 bridgehead atoms. The van der Waals surface area contributed by atoms with Gasteiger partial charge < -0.3 is 33.0 Å². The van der Waals surface area contributed by atoms with Crippen LogP contribution in [0.2, 0.25) is 0 Å². The Morgan fingerprint density at radius 2 is 1.54 bits per heavy atom. The first-order valence-electron chi connectivity index (χ1n) is 12.4. The van der Waals surface area contributed by atoms with E-state index < -0.39 is 11.7 Å². The lowest BCUT2D eigenvalue weighted by Gasteiger charge is -2.37. The normalized spacial score (nSPS) is 14.5. The maximum absolute atomic E-state index is 13.9. The van der Waals surface area contributed by atoms with Gasteiger partial charge >= 0.3 is 5.63 Å². The topological polar surface area (TPSA) is 96.7 Å². The molecule has 5 rings (SSSR count). The molecule has 0 saturated carbocycles. The number of hydrogen-bond acceptors (Lipinski definition) is 8. The summed E-state index contributed by atoms with van der Waals surface area (Å²) in [5.41, 5.74) is 2.26. The van der Waals surface area contributed by atoms with Gasteiger partial charge in [0.2, 0.25) is 0 Å². The van der Waals surface area contributed by atoms with Crippen molar-refractivity contribution in [2.24, 2.45) is 0 Å². The Bertz CT molecular complexity index is 1580. The van der Waals surface area contributed by atoms with Gasteiger partial charge in [-0.3, -0.25) is 4.79 Å². The summed E-state index contributed by atoms with van der Waals surface area (Å²) in [4.78, 5) is 27.9. The number of carbonyl (C=O) groups excluding carboxylic acids is 1. The molecule has 1 aliphatic heterocycles. The van der Waals surface area contributed by atoms with Crippen molar-refractivity contribution in [3.8, 4) is 28.7 Å². The molecule has 2 heterocycles. The van der Waals surface area contributed by atoms with Crippen molar-refractivity contribution >= 4 is 16.9 Å². The standard InChI is InChI=1S/C30H29NO8/c1-34-24-10-9-19(14-26(24)35-2)30(33)31-12-11-18-13-27(36-3)28(37-4)15-21(18)22(31)17-38-25-16-29(32)39-23-8-6-5-7-20(23)25/h5-10,13-16,22H,11-12,17H2,1-4H3. The van der Waals surface area contributed by atoms with Crippen molar-refractivity contribution in [2.45, 2.75) is 12.5 Å². The van der Waals surface area contributed by atoms with Crippen LogP contribution in [0, 0.1) is 0 Å². The molecule has 0 N–H and O–H groups in total. The van der Waals surface area contributed by atoms with Gasteiger partial charge in [-0.05, 0) is 60.0 Å². The second kappa shape index (κ2) is 11.0. The molecule has 0 aliphatic carbocycles. The molecule has 9 heteroatoms. The number of amides is 1. The van der Waals surface area contributed by atoms with E-state index in [9.17, 15) is 9.59 Å². The van der Waals surface area contributed by atoms with E-state index in [-0.39, 0.29) is 12.5 Å². The molecule has 0 spiro atoms. The smallest absolute Gasteiger partial charge is 0.339 e. The lowest BCUT2D eigenvalue weighted by atomic mass is 9.91. The highest BCUT2D eigenvalue weighted by Crippen LogP contribution is 2.40. The van der Waals surface area contributed by atoms with Gasteiger partial charge in [-0.25, -0.2) is 4.79 Å². The van der Waals surface area contributed by atoms with Crippen LogP contribution >= 0.6 is 0 Å². The Hall–Kier alpha value is -4.66. The molecule has 0 radical (unpaired) electrons. The lowest BCUT2D eigenvalue weighted by molar-refractivity contribution is 0.0589. The molecule has 1 aliphatic rings. The van der Waals surface area contributed by atoms with Gasteiger partial charge in [-0.1, -0.05) is 12.1 Å². The summed E-state index contributed by atoms with van der Waals surface area (Å²) >= 11 is 0. The number of fused-ring (bicyclic) bond motifs is 2. The minimum absolute atomic E-state index is 0.0922. The summed E-state index contributed by atoms with van der Waals surface area (Å²) in [6.07, 6.45) is 0.614. The van der Waals surface area contributed by atoms with Gasteiger partial charge in [0.15, 0.2) is 23.0 Å². The van der Waals surface area contributed by atoms with Crippen LogP contribution in [0.1, 0.15) is 27.5 Å². The predicted molar refractivity (Wildman–Crippen MR) is 145 cm³/mol. The first kappa shape index (κ1) is 26.0. The second-order valence-corrected chi connectivity index (χ2v) is 8.98. The third-order valence-electron chi connectivity index (χ3n) is 6.90. The summed E-state index contributed by atoms with van der Waals surface area (Å²) in [5, 5.41) is 0.665. The number of ether oxygens (including phenoxy) is 5. The number of methoxy groups -OCH3 is 4. The summed E-state index contributed by atoms with van der Waals surface area (Å²) < 4.78 is 33.4. The number of nitrogens with zero attached hydrogens (tertiary/aromatic N) is 1. The van der Waals surface area contributed by atoms with E-state index in [1.54, 1.807) is 56.6 Å². The van der Waals surface area contributed by atoms with Crippen LogP contribution in [-0.4, -0.2) is 52.4 Å². The molecule has 0 fully saturated rings. The van der Waals surface area contributed by atoms with E-state index in [0.29, 0.717) is 58.2 Å². The van der Waals surface area contributed by atoms with Crippen LogP contribution in [0.15, 0.2) is 69.9 Å². The monoisotopic (exact) mass is 531 g/mol. The van der Waals surface area contributed by atoms with Crippen LogP contribution in [0.4, 0.5) is 0 Å². The van der Waals surface area contributed by atoms with Crippen LogP contribution < -0.4 is 29.3 Å². The fourth-order valence-electron chi connectivity index (χ4n) is 4.96. The molecule has 0 saturated heterocycles. The Balaban J connectivity index is 1.56. The molecular weight excluding hydrogens is 502 g/mol. The van der Waals surface area contributed by atoms with Crippen molar-refractivity contribution in [3.05, 3.63) is 87.8 Å². The van der Waals surface area contributed by atoms with E-state index in [0.717, 1.165) is 11.1 Å². The zero-order valence-electron chi connectivity index (χ0n) is 22.2. The average Bonchev–Trinajstić information content (AvgIpc) is 2.97. The van der Waals surface area contributed by atoms with Crippen molar-refractivity contribution < 1.29 is 32.9 Å². The van der Waals surface area contributed by atoms with Crippen LogP contribution in [-0.2, 0) is 6.42 Å². The van der Waals surface area contributed by atoms with Gasteiger partial charge in [0.1, 0.15) is 17.9 Å². The first-order chi connectivity index (χ1) is 19.0. The number of benzene rings is 3. The van der Waals surface area contributed by atoms with Crippen molar-refractivity contribution in [2.75, 3.05) is 41.6 Å². The highest BCUT2D eigenvalue weighted by atomic mass is 16.5. The number of hydrogen-bond donors (Lipinski definition) is 0. The number of rotatable bonds is 8. The van der Waals surface area contributed by atoms with Crippen molar-refractivity contribution in [1.82, 2.24) is 4.90 Å². The van der Waals surface area contributed by atoms with E-state index in [2.05, 4.69) is 0 Å². The molecule has 1 unspecified atom stereocenters. The Kier molecular flexibility index (Phi) is 7.31. The Labute approximate surface area is 225 Å². The predicted octanol–water partition coefficient (Wildman–Crippen LogP) is 4.65. The van der Waals surface area contributed by atoms with Crippen LogP contribution in [0.25, 0.3) is 11.0 Å². The second-order valence-electron chi connectivity index (χ2n) is 8.98. The summed E-state index contributed by atoms with van der Waals surface area (Å²) in [7, 11) is 6.23. The summed E-state index contributed by atoms with van der Waals surface area (Å²) in [6, 6.07) is 16.9. The van der Waals surface area contributed by atoms with Crippen molar-refractivity contribution in [1.29, 1.82) is 0 Å². The highest BCUT2D eigenvalue weighted by Gasteiger charge is 2.34. The fraction of sp³-hybridized carbons (Fsp3) is 0.267. The van der Waals surface area contributed by atoms with E-state index >= 15 is 0 Å². The van der Waals surface area contributed by atoms with E-state index in [1.807, 2.05) is 24.3 Å². The van der Waals surface area contributed by atoms with Gasteiger partial charge in [-0.2, -0.15) is 0 Å². The SMILES string of the molecule is COc1ccc(C(=O)N2CCc3cc(OC)c(OC)cc3C2COc2cc(=O)oc3ccccc23)cc1OC. The molecule has 1 atom stereocenters. The molecule has 4 aromatic rings. The fourth-order valence-corrected chi connectivity index (χ4v) is 4.96. The van der Waals surface area contributed by atoms with Gasteiger partial charge in [0.25, 0.3) is 5.91 Å². The summed E-state index contributed by atoms with van der Waals surface area (Å²) in [5.74, 6) is 2.34. The third kappa shape index (κ3) is 4.95. The largest absolute Gasteiger partial charge is 0.493 e. The van der Waals surface area contributed by atoms with Gasteiger partial charge in [-0.15, -0.1) is 0 Å². The molecule has 1 amide bonds. The van der Waals surface area contributed by atoms with Crippen LogP contribution in [0.5, 0.6) is 28.7 Å². The molecule has 39 heavy (non-hydrogen) atoms. The van der Waals surface area contributed by atoms with Crippen LogP contribution in [0.3, 0.4) is 0 Å². The molecular formula is C30H29NO8. The number of para-hydroxylation sites is 1. The van der Waals surface area contributed by atoms with Crippen molar-refractivity contribution in [3.63, 3.8) is 0 Å². The maximum Gasteiger partial charge on any atom is 0.339 e. The van der Waals surface area contributed by atoms with E-state index in [4.69, 9.17) is 28.1 Å². The lowest BCUT2D eigenvalue weighted by Crippen LogP contribution is -2.42. The Morgan fingerprint density at radius 1 is 0.846 bits per heavy atom. The minimum Gasteiger partial charge on any atom is -0.493 e. The molecule has 202 valence electrons. The average molecular weight is 532 g/mol. The van der Waals surface area contributed by atoms with E-state index in [1.165, 1.54) is 13.2 Å². The maximum atomic E-state index is 13.9. The zero-order chi connectivity index (χ0) is 27.5. The summed E-state index contributed by atoms with van der Waals surface area (Å²) in [6.45, 7) is 0.538. The first-order valence-corrected chi connectivity index (χ1v) is 12.4. The minimum atomic E-state index is -0.516. The molecule has 1 aromatic heterocycles. The molecule has 9 nitrogen and oxygen atoms in total.